The first-order valence-electron chi connectivity index (χ1n) is 12.1. The van der Waals surface area contributed by atoms with Gasteiger partial charge in [0.2, 0.25) is 6.79 Å². The highest BCUT2D eigenvalue weighted by Crippen LogP contribution is 2.32. The summed E-state index contributed by atoms with van der Waals surface area (Å²) in [6, 6.07) is 24.6. The van der Waals surface area contributed by atoms with Crippen molar-refractivity contribution in [3.63, 3.8) is 0 Å². The molecule has 2 heterocycles. The molecule has 0 unspecified atom stereocenters. The number of amides is 1. The summed E-state index contributed by atoms with van der Waals surface area (Å²) in [4.78, 5) is 20.0. The number of fused-ring (bicyclic) bond motifs is 1. The monoisotopic (exact) mass is 472 g/mol. The Labute approximate surface area is 206 Å². The van der Waals surface area contributed by atoms with Crippen LogP contribution in [-0.4, -0.2) is 64.4 Å². The average molecular weight is 473 g/mol. The number of carbonyl (C=O) groups is 1. The summed E-state index contributed by atoms with van der Waals surface area (Å²) >= 11 is 0. The van der Waals surface area contributed by atoms with Crippen molar-refractivity contribution in [1.82, 2.24) is 10.2 Å². The number of carbonyl (C=O) groups excluding carboxylic acids is 1. The van der Waals surface area contributed by atoms with Crippen LogP contribution in [0, 0.1) is 0 Å². The van der Waals surface area contributed by atoms with E-state index in [9.17, 15) is 4.79 Å². The van der Waals surface area contributed by atoms with E-state index in [1.54, 1.807) is 18.2 Å². The van der Waals surface area contributed by atoms with Crippen molar-refractivity contribution in [2.45, 2.75) is 6.04 Å². The Balaban J connectivity index is 1.30. The van der Waals surface area contributed by atoms with Crippen LogP contribution in [0.3, 0.4) is 0 Å². The fourth-order valence-corrected chi connectivity index (χ4v) is 4.71. The third-order valence-corrected chi connectivity index (χ3v) is 6.76. The van der Waals surface area contributed by atoms with Crippen LogP contribution in [0.25, 0.3) is 0 Å². The summed E-state index contributed by atoms with van der Waals surface area (Å²) in [6.45, 7) is 4.48. The van der Waals surface area contributed by atoms with Gasteiger partial charge in [0.25, 0.3) is 5.91 Å². The molecule has 2 aliphatic rings. The van der Waals surface area contributed by atoms with Crippen molar-refractivity contribution < 1.29 is 14.3 Å². The molecule has 0 aliphatic carbocycles. The summed E-state index contributed by atoms with van der Waals surface area (Å²) < 4.78 is 10.8. The van der Waals surface area contributed by atoms with Crippen LogP contribution in [-0.2, 0) is 0 Å². The lowest BCUT2D eigenvalue weighted by molar-refractivity contribution is 0.0929. The zero-order chi connectivity index (χ0) is 24.2. The SMILES string of the molecule is CN(C)c1ccc([C@H](CNC(=O)c2ccc3c(c2)OCO3)N2CCN(c3ccccc3)CC2)cc1. The van der Waals surface area contributed by atoms with Crippen molar-refractivity contribution in [2.24, 2.45) is 0 Å². The van der Waals surface area contributed by atoms with E-state index in [0.29, 0.717) is 23.6 Å². The van der Waals surface area contributed by atoms with Crippen molar-refractivity contribution in [2.75, 3.05) is 63.4 Å². The fraction of sp³-hybridized carbons (Fsp3) is 0.321. The van der Waals surface area contributed by atoms with Gasteiger partial charge in [-0.3, -0.25) is 9.69 Å². The van der Waals surface area contributed by atoms with Gasteiger partial charge in [0.05, 0.1) is 6.04 Å². The first-order chi connectivity index (χ1) is 17.1. The summed E-state index contributed by atoms with van der Waals surface area (Å²) in [5, 5.41) is 3.17. The standard InChI is InChI=1S/C28H32N4O3/c1-30(2)23-11-8-21(9-12-23)25(32-16-14-31(15-17-32)24-6-4-3-5-7-24)19-29-28(33)22-10-13-26-27(18-22)35-20-34-26/h3-13,18,25H,14-17,19-20H2,1-2H3,(H,29,33)/t25-/m0/s1. The van der Waals surface area contributed by atoms with E-state index in [1.165, 1.54) is 11.3 Å². The van der Waals surface area contributed by atoms with Gasteiger partial charge in [-0.2, -0.15) is 0 Å². The Kier molecular flexibility index (Phi) is 6.77. The number of nitrogens with one attached hydrogen (secondary N) is 1. The molecule has 5 rings (SSSR count). The van der Waals surface area contributed by atoms with Crippen LogP contribution in [0.1, 0.15) is 22.0 Å². The van der Waals surface area contributed by atoms with Gasteiger partial charge in [0.1, 0.15) is 0 Å². The lowest BCUT2D eigenvalue weighted by Gasteiger charge is -2.40. The number of hydrogen-bond donors (Lipinski definition) is 1. The molecule has 1 amide bonds. The van der Waals surface area contributed by atoms with Gasteiger partial charge in [0, 0.05) is 63.8 Å². The number of rotatable bonds is 7. The first-order valence-corrected chi connectivity index (χ1v) is 12.1. The fourth-order valence-electron chi connectivity index (χ4n) is 4.71. The Morgan fingerprint density at radius 1 is 0.914 bits per heavy atom. The van der Waals surface area contributed by atoms with E-state index in [1.807, 2.05) is 14.1 Å². The minimum Gasteiger partial charge on any atom is -0.454 e. The van der Waals surface area contributed by atoms with Crippen molar-refractivity contribution >= 4 is 17.3 Å². The van der Waals surface area contributed by atoms with E-state index >= 15 is 0 Å². The van der Waals surface area contributed by atoms with Crippen LogP contribution < -0.4 is 24.6 Å². The highest BCUT2D eigenvalue weighted by atomic mass is 16.7. The number of piperazine rings is 1. The molecule has 3 aromatic carbocycles. The molecule has 1 fully saturated rings. The van der Waals surface area contributed by atoms with Gasteiger partial charge in [-0.25, -0.2) is 0 Å². The van der Waals surface area contributed by atoms with Gasteiger partial charge in [-0.1, -0.05) is 30.3 Å². The molecule has 3 aromatic rings. The maximum Gasteiger partial charge on any atom is 0.251 e. The Hall–Kier alpha value is -3.71. The number of para-hydroxylation sites is 1. The third-order valence-electron chi connectivity index (χ3n) is 6.76. The van der Waals surface area contributed by atoms with Crippen molar-refractivity contribution in [1.29, 1.82) is 0 Å². The predicted molar refractivity (Wildman–Crippen MR) is 139 cm³/mol. The molecule has 1 saturated heterocycles. The molecule has 182 valence electrons. The van der Waals surface area contributed by atoms with E-state index in [-0.39, 0.29) is 18.7 Å². The number of nitrogens with zero attached hydrogens (tertiary/aromatic N) is 3. The molecule has 0 bridgehead atoms. The molecule has 7 heteroatoms. The van der Waals surface area contributed by atoms with Crippen molar-refractivity contribution in [3.05, 3.63) is 83.9 Å². The largest absolute Gasteiger partial charge is 0.454 e. The zero-order valence-electron chi connectivity index (χ0n) is 20.3. The van der Waals surface area contributed by atoms with E-state index in [2.05, 4.69) is 74.6 Å². The summed E-state index contributed by atoms with van der Waals surface area (Å²) in [7, 11) is 4.09. The second-order valence-electron chi connectivity index (χ2n) is 9.14. The highest BCUT2D eigenvalue weighted by molar-refractivity contribution is 5.95. The summed E-state index contributed by atoms with van der Waals surface area (Å²) in [5.41, 5.74) is 4.19. The maximum absolute atomic E-state index is 13.0. The maximum atomic E-state index is 13.0. The minimum atomic E-state index is -0.110. The highest BCUT2D eigenvalue weighted by Gasteiger charge is 2.26. The number of benzene rings is 3. The van der Waals surface area contributed by atoms with Gasteiger partial charge in [0.15, 0.2) is 11.5 Å². The Bertz CT molecular complexity index is 1140. The lowest BCUT2D eigenvalue weighted by atomic mass is 10.0. The Morgan fingerprint density at radius 3 is 2.34 bits per heavy atom. The van der Waals surface area contributed by atoms with Crippen LogP contribution in [0.2, 0.25) is 0 Å². The minimum absolute atomic E-state index is 0.0853. The van der Waals surface area contributed by atoms with Crippen LogP contribution >= 0.6 is 0 Å². The lowest BCUT2D eigenvalue weighted by Crippen LogP contribution is -2.50. The van der Waals surface area contributed by atoms with Crippen LogP contribution in [0.5, 0.6) is 11.5 Å². The van der Waals surface area contributed by atoms with Gasteiger partial charge in [-0.15, -0.1) is 0 Å². The molecule has 0 radical (unpaired) electrons. The van der Waals surface area contributed by atoms with Crippen LogP contribution in [0.15, 0.2) is 72.8 Å². The molecule has 0 saturated carbocycles. The third kappa shape index (κ3) is 5.20. The molecule has 1 atom stereocenters. The van der Waals surface area contributed by atoms with Gasteiger partial charge < -0.3 is 24.6 Å². The average Bonchev–Trinajstić information content (AvgIpc) is 3.38. The molecule has 0 aromatic heterocycles. The second kappa shape index (κ2) is 10.3. The van der Waals surface area contributed by atoms with Crippen LogP contribution in [0.4, 0.5) is 11.4 Å². The quantitative estimate of drug-likeness (QED) is 0.565. The molecular formula is C28H32N4O3. The van der Waals surface area contributed by atoms with E-state index in [0.717, 1.165) is 31.9 Å². The smallest absolute Gasteiger partial charge is 0.251 e. The number of anilines is 2. The summed E-state index contributed by atoms with van der Waals surface area (Å²) in [5.74, 6) is 1.18. The molecule has 7 nitrogen and oxygen atoms in total. The second-order valence-corrected chi connectivity index (χ2v) is 9.14. The normalized spacial score (nSPS) is 16.1. The zero-order valence-corrected chi connectivity index (χ0v) is 20.3. The van der Waals surface area contributed by atoms with Gasteiger partial charge >= 0.3 is 0 Å². The number of ether oxygens (including phenoxy) is 2. The van der Waals surface area contributed by atoms with E-state index in [4.69, 9.17) is 9.47 Å². The topological polar surface area (TPSA) is 57.3 Å². The number of hydrogen-bond acceptors (Lipinski definition) is 6. The Morgan fingerprint density at radius 2 is 1.63 bits per heavy atom. The van der Waals surface area contributed by atoms with E-state index < -0.39 is 0 Å². The molecular weight excluding hydrogens is 440 g/mol. The predicted octanol–water partition coefficient (Wildman–Crippen LogP) is 3.77. The molecule has 0 spiro atoms. The molecule has 2 aliphatic heterocycles. The first kappa shape index (κ1) is 23.1. The summed E-state index contributed by atoms with van der Waals surface area (Å²) in [6.07, 6.45) is 0. The molecule has 1 N–H and O–H groups in total. The molecule has 35 heavy (non-hydrogen) atoms. The van der Waals surface area contributed by atoms with Gasteiger partial charge in [-0.05, 0) is 48.0 Å². The van der Waals surface area contributed by atoms with Crippen molar-refractivity contribution in [3.8, 4) is 11.5 Å².